The van der Waals surface area contributed by atoms with E-state index >= 15 is 0 Å². The van der Waals surface area contributed by atoms with Crippen LogP contribution < -0.4 is 5.32 Å². The van der Waals surface area contributed by atoms with E-state index in [2.05, 4.69) is 38.0 Å². The molecule has 94 valence electrons. The van der Waals surface area contributed by atoms with E-state index in [1.807, 2.05) is 6.07 Å². The topological polar surface area (TPSA) is 24.9 Å². The van der Waals surface area contributed by atoms with E-state index in [0.717, 1.165) is 12.2 Å². The first-order valence-electron chi connectivity index (χ1n) is 6.33. The van der Waals surface area contributed by atoms with Crippen molar-refractivity contribution in [3.05, 3.63) is 29.8 Å². The van der Waals surface area contributed by atoms with Gasteiger partial charge in [-0.25, -0.2) is 4.39 Å². The van der Waals surface area contributed by atoms with Gasteiger partial charge in [0.15, 0.2) is 0 Å². The summed E-state index contributed by atoms with van der Waals surface area (Å²) < 4.78 is 12.9. The van der Waals surface area contributed by atoms with Crippen LogP contribution in [0.15, 0.2) is 18.3 Å². The molecule has 3 unspecified atom stereocenters. The molecule has 0 bridgehead atoms. The van der Waals surface area contributed by atoms with Crippen LogP contribution in [0.2, 0.25) is 0 Å². The Labute approximate surface area is 103 Å². The predicted molar refractivity (Wildman–Crippen MR) is 67.3 cm³/mol. The predicted octanol–water partition coefficient (Wildman–Crippen LogP) is 2.96. The Morgan fingerprint density at radius 2 is 2.12 bits per heavy atom. The largest absolute Gasteiger partial charge is 0.313 e. The van der Waals surface area contributed by atoms with Gasteiger partial charge in [-0.2, -0.15) is 0 Å². The molecular formula is C14H21FN2. The average Bonchev–Trinajstić information content (AvgIpc) is 2.28. The molecular weight excluding hydrogens is 215 g/mol. The molecule has 3 heteroatoms. The normalized spacial score (nSPS) is 31.0. The third-order valence-corrected chi connectivity index (χ3v) is 4.15. The van der Waals surface area contributed by atoms with Gasteiger partial charge in [0, 0.05) is 17.7 Å². The summed E-state index contributed by atoms with van der Waals surface area (Å²) in [7, 11) is 0. The standard InChI is InChI=1S/C14H21FN2/c1-5-16-13-9(2)12(14(13,3)4)11-7-6-10(15)8-17-11/h6-9,12-13,16H,5H2,1-4H3. The molecule has 1 N–H and O–H groups in total. The summed E-state index contributed by atoms with van der Waals surface area (Å²) in [4.78, 5) is 4.24. The Kier molecular flexibility index (Phi) is 3.21. The molecule has 1 aliphatic carbocycles. The molecule has 0 spiro atoms. The molecule has 1 fully saturated rings. The molecule has 0 amide bonds. The van der Waals surface area contributed by atoms with Crippen LogP contribution in [-0.2, 0) is 0 Å². The lowest BCUT2D eigenvalue weighted by Gasteiger charge is -2.57. The van der Waals surface area contributed by atoms with Crippen LogP contribution in [0, 0.1) is 17.2 Å². The fourth-order valence-corrected chi connectivity index (χ4v) is 3.51. The van der Waals surface area contributed by atoms with Gasteiger partial charge in [0.05, 0.1) is 6.20 Å². The molecule has 2 nitrogen and oxygen atoms in total. The highest BCUT2D eigenvalue weighted by Gasteiger charge is 2.54. The number of hydrogen-bond acceptors (Lipinski definition) is 2. The molecule has 17 heavy (non-hydrogen) atoms. The zero-order valence-electron chi connectivity index (χ0n) is 11.0. The van der Waals surface area contributed by atoms with Crippen molar-refractivity contribution in [2.45, 2.75) is 39.7 Å². The Balaban J connectivity index is 2.21. The maximum atomic E-state index is 12.9. The highest BCUT2D eigenvalue weighted by molar-refractivity contribution is 5.23. The van der Waals surface area contributed by atoms with Crippen LogP contribution in [0.4, 0.5) is 4.39 Å². The van der Waals surface area contributed by atoms with Gasteiger partial charge in [-0.15, -0.1) is 0 Å². The van der Waals surface area contributed by atoms with Gasteiger partial charge >= 0.3 is 0 Å². The highest BCUT2D eigenvalue weighted by Crippen LogP contribution is 2.55. The van der Waals surface area contributed by atoms with E-state index in [9.17, 15) is 4.39 Å². The lowest BCUT2D eigenvalue weighted by molar-refractivity contribution is -0.000914. The van der Waals surface area contributed by atoms with Crippen LogP contribution in [0.3, 0.4) is 0 Å². The first kappa shape index (κ1) is 12.5. The second-order valence-corrected chi connectivity index (χ2v) is 5.59. The van der Waals surface area contributed by atoms with Crippen LogP contribution in [0.25, 0.3) is 0 Å². The summed E-state index contributed by atoms with van der Waals surface area (Å²) in [6.07, 6.45) is 1.32. The van der Waals surface area contributed by atoms with Crippen molar-refractivity contribution in [3.63, 3.8) is 0 Å². The molecule has 1 saturated carbocycles. The van der Waals surface area contributed by atoms with Crippen molar-refractivity contribution in [1.82, 2.24) is 10.3 Å². The lowest BCUT2D eigenvalue weighted by atomic mass is 9.51. The van der Waals surface area contributed by atoms with Crippen molar-refractivity contribution >= 4 is 0 Å². The summed E-state index contributed by atoms with van der Waals surface area (Å²) in [6, 6.07) is 3.84. The van der Waals surface area contributed by atoms with Gasteiger partial charge < -0.3 is 5.32 Å². The van der Waals surface area contributed by atoms with Gasteiger partial charge in [-0.3, -0.25) is 4.98 Å². The third-order valence-electron chi connectivity index (χ3n) is 4.15. The van der Waals surface area contributed by atoms with Gasteiger partial charge in [-0.05, 0) is 30.0 Å². The maximum absolute atomic E-state index is 12.9. The summed E-state index contributed by atoms with van der Waals surface area (Å²) in [5.74, 6) is 0.692. The van der Waals surface area contributed by atoms with Crippen LogP contribution >= 0.6 is 0 Å². The fraction of sp³-hybridized carbons (Fsp3) is 0.643. The molecule has 0 radical (unpaired) electrons. The minimum absolute atomic E-state index is 0.181. The molecule has 0 aliphatic heterocycles. The highest BCUT2D eigenvalue weighted by atomic mass is 19.1. The Hall–Kier alpha value is -0.960. The van der Waals surface area contributed by atoms with Gasteiger partial charge in [0.1, 0.15) is 5.82 Å². The zero-order valence-corrected chi connectivity index (χ0v) is 11.0. The van der Waals surface area contributed by atoms with E-state index in [1.165, 1.54) is 12.3 Å². The van der Waals surface area contributed by atoms with Crippen LogP contribution in [-0.4, -0.2) is 17.6 Å². The monoisotopic (exact) mass is 236 g/mol. The maximum Gasteiger partial charge on any atom is 0.141 e. The zero-order chi connectivity index (χ0) is 12.6. The van der Waals surface area contributed by atoms with Crippen molar-refractivity contribution < 1.29 is 4.39 Å². The van der Waals surface area contributed by atoms with Crippen molar-refractivity contribution in [2.75, 3.05) is 6.54 Å². The molecule has 3 atom stereocenters. The Bertz CT molecular complexity index is 386. The summed E-state index contributed by atoms with van der Waals surface area (Å²) >= 11 is 0. The molecule has 1 aromatic rings. The Morgan fingerprint density at radius 1 is 1.41 bits per heavy atom. The second-order valence-electron chi connectivity index (χ2n) is 5.59. The minimum Gasteiger partial charge on any atom is -0.313 e. The minimum atomic E-state index is -0.262. The molecule has 1 heterocycles. The quantitative estimate of drug-likeness (QED) is 0.872. The SMILES string of the molecule is CCNC1C(C)C(c2ccc(F)cn2)C1(C)C. The second kappa shape index (κ2) is 4.37. The van der Waals surface area contributed by atoms with Crippen LogP contribution in [0.5, 0.6) is 0 Å². The number of pyridine rings is 1. The third kappa shape index (κ3) is 1.97. The number of aromatic nitrogens is 1. The van der Waals surface area contributed by atoms with E-state index < -0.39 is 0 Å². The fourth-order valence-electron chi connectivity index (χ4n) is 3.51. The van der Waals surface area contributed by atoms with E-state index in [4.69, 9.17) is 0 Å². The number of halogens is 1. The van der Waals surface area contributed by atoms with Crippen molar-refractivity contribution in [1.29, 1.82) is 0 Å². The van der Waals surface area contributed by atoms with E-state index in [-0.39, 0.29) is 11.2 Å². The van der Waals surface area contributed by atoms with Crippen molar-refractivity contribution in [2.24, 2.45) is 11.3 Å². The van der Waals surface area contributed by atoms with Gasteiger partial charge in [0.2, 0.25) is 0 Å². The van der Waals surface area contributed by atoms with Gasteiger partial charge in [0.25, 0.3) is 0 Å². The number of nitrogens with zero attached hydrogens (tertiary/aromatic N) is 1. The number of hydrogen-bond donors (Lipinski definition) is 1. The number of nitrogens with one attached hydrogen (secondary N) is 1. The summed E-state index contributed by atoms with van der Waals surface area (Å²) in [6.45, 7) is 9.88. The summed E-state index contributed by atoms with van der Waals surface area (Å²) in [5.41, 5.74) is 1.19. The summed E-state index contributed by atoms with van der Waals surface area (Å²) in [5, 5.41) is 3.53. The molecule has 2 rings (SSSR count). The molecule has 0 aromatic carbocycles. The van der Waals surface area contributed by atoms with E-state index in [1.54, 1.807) is 0 Å². The Morgan fingerprint density at radius 3 is 2.59 bits per heavy atom. The van der Waals surface area contributed by atoms with Gasteiger partial charge in [-0.1, -0.05) is 27.7 Å². The smallest absolute Gasteiger partial charge is 0.141 e. The molecule has 0 saturated heterocycles. The average molecular weight is 236 g/mol. The first-order valence-corrected chi connectivity index (χ1v) is 6.33. The van der Waals surface area contributed by atoms with Crippen LogP contribution in [0.1, 0.15) is 39.3 Å². The molecule has 1 aliphatic rings. The molecule has 1 aromatic heterocycles. The van der Waals surface area contributed by atoms with Crippen molar-refractivity contribution in [3.8, 4) is 0 Å². The lowest BCUT2D eigenvalue weighted by Crippen LogP contribution is -2.61. The first-order chi connectivity index (χ1) is 7.98. The van der Waals surface area contributed by atoms with E-state index in [0.29, 0.717) is 17.9 Å². The number of rotatable bonds is 3.